The Bertz CT molecular complexity index is 1200. The van der Waals surface area contributed by atoms with Gasteiger partial charge in [-0.15, -0.1) is 0 Å². The molecule has 0 aromatic heterocycles. The normalized spacial score (nSPS) is 12.8. The van der Waals surface area contributed by atoms with Gasteiger partial charge in [-0.2, -0.15) is 12.7 Å². The van der Waals surface area contributed by atoms with Gasteiger partial charge in [-0.25, -0.2) is 8.70 Å². The molecule has 36 heavy (non-hydrogen) atoms. The molecule has 2 aromatic carbocycles. The quantitative estimate of drug-likeness (QED) is 0.500. The van der Waals surface area contributed by atoms with Crippen molar-refractivity contribution < 1.29 is 22.4 Å². The summed E-state index contributed by atoms with van der Waals surface area (Å²) < 4.78 is 42.4. The maximum Gasteiger partial charge on any atom is 0.304 e. The molecule has 0 saturated heterocycles. The predicted octanol–water partition coefficient (Wildman–Crippen LogP) is 4.08. The number of benzene rings is 2. The number of carbonyl (C=O) groups excluding carboxylic acids is 2. The first-order chi connectivity index (χ1) is 16.6. The number of rotatable bonds is 9. The van der Waals surface area contributed by atoms with Crippen LogP contribution in [0, 0.1) is 5.82 Å². The number of carbonyl (C=O) groups is 2. The molecule has 1 unspecified atom stereocenters. The maximum atomic E-state index is 14.7. The number of nitrogens with one attached hydrogen (secondary N) is 1. The van der Waals surface area contributed by atoms with Crippen LogP contribution in [0.3, 0.4) is 0 Å². The minimum atomic E-state index is -4.28. The average Bonchev–Trinajstić information content (AvgIpc) is 2.76. The molecular weight excluding hydrogens is 530 g/mol. The molecule has 2 aromatic rings. The second kappa shape index (κ2) is 11.8. The molecular formula is C24H31Cl2FN4O4S. The fraction of sp³-hybridized carbons (Fsp3) is 0.417. The third-order valence-corrected chi connectivity index (χ3v) is 7.71. The highest BCUT2D eigenvalue weighted by Gasteiger charge is 2.34. The van der Waals surface area contributed by atoms with Gasteiger partial charge in [0.15, 0.2) is 0 Å². The van der Waals surface area contributed by atoms with E-state index in [2.05, 4.69) is 5.32 Å². The van der Waals surface area contributed by atoms with E-state index in [4.69, 9.17) is 23.2 Å². The lowest BCUT2D eigenvalue weighted by Crippen LogP contribution is -2.55. The summed E-state index contributed by atoms with van der Waals surface area (Å²) in [7, 11) is -1.74. The lowest BCUT2D eigenvalue weighted by Gasteiger charge is -2.34. The van der Waals surface area contributed by atoms with Crippen LogP contribution in [-0.4, -0.2) is 61.7 Å². The van der Waals surface area contributed by atoms with Crippen LogP contribution in [0.15, 0.2) is 42.5 Å². The SMILES string of the molecule is CC(C(=O)NC(C)(C)C)N(Cc1c(Cl)cccc1Cl)C(=O)CN(c1ccccc1F)S(=O)(=O)N(C)C. The summed E-state index contributed by atoms with van der Waals surface area (Å²) in [4.78, 5) is 27.8. The number of amides is 2. The van der Waals surface area contributed by atoms with Crippen molar-refractivity contribution in [1.29, 1.82) is 0 Å². The first-order valence-corrected chi connectivity index (χ1v) is 13.2. The summed E-state index contributed by atoms with van der Waals surface area (Å²) in [6.45, 7) is 5.94. The minimum absolute atomic E-state index is 0.177. The zero-order valence-corrected chi connectivity index (χ0v) is 23.4. The lowest BCUT2D eigenvalue weighted by molar-refractivity contribution is -0.140. The first-order valence-electron chi connectivity index (χ1n) is 11.1. The third-order valence-electron chi connectivity index (χ3n) is 5.20. The molecule has 0 bridgehead atoms. The minimum Gasteiger partial charge on any atom is -0.350 e. The van der Waals surface area contributed by atoms with E-state index in [0.717, 1.165) is 10.4 Å². The van der Waals surface area contributed by atoms with E-state index in [1.807, 2.05) is 0 Å². The molecule has 0 heterocycles. The largest absolute Gasteiger partial charge is 0.350 e. The first kappa shape index (κ1) is 29.8. The molecule has 0 spiro atoms. The van der Waals surface area contributed by atoms with Crippen molar-refractivity contribution in [2.24, 2.45) is 0 Å². The van der Waals surface area contributed by atoms with Gasteiger partial charge in [0.1, 0.15) is 18.4 Å². The third kappa shape index (κ3) is 7.32. The van der Waals surface area contributed by atoms with Gasteiger partial charge in [-0.1, -0.05) is 41.4 Å². The summed E-state index contributed by atoms with van der Waals surface area (Å²) in [6.07, 6.45) is 0. The van der Waals surface area contributed by atoms with Crippen LogP contribution in [0.25, 0.3) is 0 Å². The van der Waals surface area contributed by atoms with Crippen molar-refractivity contribution in [3.05, 3.63) is 63.9 Å². The number of nitrogens with zero attached hydrogens (tertiary/aromatic N) is 3. The fourth-order valence-electron chi connectivity index (χ4n) is 3.27. The number of para-hydroxylation sites is 1. The summed E-state index contributed by atoms with van der Waals surface area (Å²) in [6, 6.07) is 9.01. The molecule has 0 aliphatic heterocycles. The van der Waals surface area contributed by atoms with Gasteiger partial charge < -0.3 is 10.2 Å². The van der Waals surface area contributed by atoms with Crippen molar-refractivity contribution in [1.82, 2.24) is 14.5 Å². The van der Waals surface area contributed by atoms with Crippen LogP contribution >= 0.6 is 23.2 Å². The molecule has 8 nitrogen and oxygen atoms in total. The molecule has 198 valence electrons. The van der Waals surface area contributed by atoms with Gasteiger partial charge in [0.25, 0.3) is 0 Å². The van der Waals surface area contributed by atoms with Gasteiger partial charge in [0, 0.05) is 41.8 Å². The number of halogens is 3. The molecule has 2 amide bonds. The Kier molecular flexibility index (Phi) is 9.75. The highest BCUT2D eigenvalue weighted by molar-refractivity contribution is 7.90. The van der Waals surface area contributed by atoms with Crippen LogP contribution in [0.1, 0.15) is 33.3 Å². The van der Waals surface area contributed by atoms with E-state index in [0.29, 0.717) is 9.87 Å². The monoisotopic (exact) mass is 560 g/mol. The topological polar surface area (TPSA) is 90.0 Å². The highest BCUT2D eigenvalue weighted by Crippen LogP contribution is 2.28. The van der Waals surface area contributed by atoms with E-state index >= 15 is 0 Å². The Morgan fingerprint density at radius 1 is 1.03 bits per heavy atom. The standard InChI is InChI=1S/C24H31Cl2FN4O4S/c1-16(23(33)28-24(2,3)4)30(14-17-18(25)10-9-11-19(17)26)22(32)15-31(36(34,35)29(5)6)21-13-8-7-12-20(21)27/h7-13,16H,14-15H2,1-6H3,(H,28,33). The summed E-state index contributed by atoms with van der Waals surface area (Å²) in [5, 5.41) is 3.36. The Hall–Kier alpha value is -2.40. The Morgan fingerprint density at radius 2 is 1.58 bits per heavy atom. The van der Waals surface area contributed by atoms with Crippen molar-refractivity contribution in [2.45, 2.75) is 45.8 Å². The summed E-state index contributed by atoms with van der Waals surface area (Å²) >= 11 is 12.6. The predicted molar refractivity (Wildman–Crippen MR) is 141 cm³/mol. The highest BCUT2D eigenvalue weighted by atomic mass is 35.5. The Morgan fingerprint density at radius 3 is 2.08 bits per heavy atom. The molecule has 0 aliphatic carbocycles. The smallest absolute Gasteiger partial charge is 0.304 e. The van der Waals surface area contributed by atoms with Crippen LogP contribution in [-0.2, 0) is 26.3 Å². The van der Waals surface area contributed by atoms with Crippen LogP contribution < -0.4 is 9.62 Å². The van der Waals surface area contributed by atoms with Gasteiger partial charge in [-0.05, 0) is 52.0 Å². The van der Waals surface area contributed by atoms with Gasteiger partial charge >= 0.3 is 10.2 Å². The van der Waals surface area contributed by atoms with Gasteiger partial charge in [0.05, 0.1) is 5.69 Å². The van der Waals surface area contributed by atoms with Crippen molar-refractivity contribution in [2.75, 3.05) is 24.9 Å². The fourth-order valence-corrected chi connectivity index (χ4v) is 4.85. The molecule has 2 rings (SSSR count). The second-order valence-electron chi connectivity index (χ2n) is 9.39. The molecule has 0 saturated carbocycles. The van der Waals surface area contributed by atoms with E-state index in [1.54, 1.807) is 39.0 Å². The maximum absolute atomic E-state index is 14.7. The molecule has 12 heteroatoms. The Balaban J connectivity index is 2.55. The molecule has 0 fully saturated rings. The van der Waals surface area contributed by atoms with Gasteiger partial charge in [-0.3, -0.25) is 9.59 Å². The number of hydrogen-bond donors (Lipinski definition) is 1. The lowest BCUT2D eigenvalue weighted by atomic mass is 10.1. The Labute approximate surface area is 222 Å². The van der Waals surface area contributed by atoms with E-state index in [1.165, 1.54) is 44.1 Å². The van der Waals surface area contributed by atoms with Crippen LogP contribution in [0.2, 0.25) is 10.0 Å². The average molecular weight is 562 g/mol. The van der Waals surface area contributed by atoms with Crippen molar-refractivity contribution in [3.63, 3.8) is 0 Å². The van der Waals surface area contributed by atoms with Gasteiger partial charge in [0.2, 0.25) is 11.8 Å². The zero-order valence-electron chi connectivity index (χ0n) is 21.0. The second-order valence-corrected chi connectivity index (χ2v) is 12.3. The molecule has 1 N–H and O–H groups in total. The molecule has 1 atom stereocenters. The van der Waals surface area contributed by atoms with E-state index in [-0.39, 0.29) is 22.3 Å². The number of hydrogen-bond acceptors (Lipinski definition) is 4. The van der Waals surface area contributed by atoms with Crippen LogP contribution in [0.4, 0.5) is 10.1 Å². The molecule has 0 radical (unpaired) electrons. The van der Waals surface area contributed by atoms with Crippen molar-refractivity contribution in [3.8, 4) is 0 Å². The molecule has 0 aliphatic rings. The zero-order chi connectivity index (χ0) is 27.4. The van der Waals surface area contributed by atoms with Crippen LogP contribution in [0.5, 0.6) is 0 Å². The summed E-state index contributed by atoms with van der Waals surface area (Å²) in [5.74, 6) is -2.04. The van der Waals surface area contributed by atoms with E-state index < -0.39 is 46.0 Å². The number of anilines is 1. The van der Waals surface area contributed by atoms with E-state index in [9.17, 15) is 22.4 Å². The van der Waals surface area contributed by atoms with Crippen molar-refractivity contribution >= 4 is 50.9 Å². The summed E-state index contributed by atoms with van der Waals surface area (Å²) in [5.41, 5.74) is -0.505.